The summed E-state index contributed by atoms with van der Waals surface area (Å²) in [7, 11) is -2.89. The standard InChI is InChI=1S/C20H25N3O7S/c1-5-29-17-10-8-15(11-18(17)30-6-2)21-20(24)13-22(4)31(27,28)19-12-16(23(25)26)9-7-14(19)3/h7-12H,5-6,13H2,1-4H3,(H,21,24). The van der Waals surface area contributed by atoms with E-state index in [0.29, 0.717) is 36.0 Å². The highest BCUT2D eigenvalue weighted by molar-refractivity contribution is 7.89. The first-order chi connectivity index (χ1) is 14.6. The molecule has 2 aromatic carbocycles. The second-order valence-electron chi connectivity index (χ2n) is 6.54. The van der Waals surface area contributed by atoms with E-state index >= 15 is 0 Å². The highest BCUT2D eigenvalue weighted by Crippen LogP contribution is 2.30. The van der Waals surface area contributed by atoms with Gasteiger partial charge in [-0.2, -0.15) is 4.31 Å². The minimum Gasteiger partial charge on any atom is -0.490 e. The summed E-state index contributed by atoms with van der Waals surface area (Å²) in [4.78, 5) is 22.5. The smallest absolute Gasteiger partial charge is 0.270 e. The lowest BCUT2D eigenvalue weighted by molar-refractivity contribution is -0.385. The summed E-state index contributed by atoms with van der Waals surface area (Å²) in [6, 6.07) is 8.42. The Bertz CT molecular complexity index is 1070. The van der Waals surface area contributed by atoms with Crippen molar-refractivity contribution in [3.63, 3.8) is 0 Å². The molecule has 1 amide bonds. The molecule has 0 aliphatic heterocycles. The predicted octanol–water partition coefficient (Wildman–Crippen LogP) is 2.96. The number of likely N-dealkylation sites (N-methyl/N-ethyl adjacent to an activating group) is 1. The van der Waals surface area contributed by atoms with E-state index in [2.05, 4.69) is 5.32 Å². The van der Waals surface area contributed by atoms with Gasteiger partial charge in [0, 0.05) is 30.9 Å². The van der Waals surface area contributed by atoms with E-state index in [1.165, 1.54) is 26.1 Å². The van der Waals surface area contributed by atoms with Gasteiger partial charge in [0.1, 0.15) is 0 Å². The Morgan fingerprint density at radius 2 is 1.74 bits per heavy atom. The van der Waals surface area contributed by atoms with Gasteiger partial charge in [0.25, 0.3) is 5.69 Å². The van der Waals surface area contributed by atoms with Crippen LogP contribution in [0.3, 0.4) is 0 Å². The highest BCUT2D eigenvalue weighted by Gasteiger charge is 2.27. The summed E-state index contributed by atoms with van der Waals surface area (Å²) in [5.41, 5.74) is 0.403. The number of hydrogen-bond acceptors (Lipinski definition) is 7. The van der Waals surface area contributed by atoms with Gasteiger partial charge in [-0.15, -0.1) is 0 Å². The number of hydrogen-bond donors (Lipinski definition) is 1. The van der Waals surface area contributed by atoms with E-state index in [9.17, 15) is 23.3 Å². The topological polar surface area (TPSA) is 128 Å². The average Bonchev–Trinajstić information content (AvgIpc) is 2.70. The molecule has 0 unspecified atom stereocenters. The summed E-state index contributed by atoms with van der Waals surface area (Å²) in [5.74, 6) is 0.402. The van der Waals surface area contributed by atoms with Crippen molar-refractivity contribution in [2.75, 3.05) is 32.1 Å². The summed E-state index contributed by atoms with van der Waals surface area (Å²) in [6.45, 7) is 5.55. The third kappa shape index (κ3) is 5.92. The lowest BCUT2D eigenvalue weighted by atomic mass is 10.2. The Balaban J connectivity index is 2.18. The Kier molecular flexibility index (Phi) is 7.95. The number of amides is 1. The molecule has 0 bridgehead atoms. The van der Waals surface area contributed by atoms with Crippen molar-refractivity contribution in [2.24, 2.45) is 0 Å². The maximum absolute atomic E-state index is 12.9. The number of rotatable bonds is 10. The quantitative estimate of drug-likeness (QED) is 0.434. The van der Waals surface area contributed by atoms with Crippen LogP contribution in [-0.4, -0.2) is 50.4 Å². The fourth-order valence-electron chi connectivity index (χ4n) is 2.76. The lowest BCUT2D eigenvalue weighted by Crippen LogP contribution is -2.35. The molecule has 0 saturated heterocycles. The first-order valence-corrected chi connectivity index (χ1v) is 10.9. The van der Waals surface area contributed by atoms with Gasteiger partial charge in [0.05, 0.1) is 29.6 Å². The van der Waals surface area contributed by atoms with Crippen molar-refractivity contribution in [3.05, 3.63) is 52.1 Å². The van der Waals surface area contributed by atoms with Crippen molar-refractivity contribution in [3.8, 4) is 11.5 Å². The van der Waals surface area contributed by atoms with Crippen LogP contribution < -0.4 is 14.8 Å². The predicted molar refractivity (Wildman–Crippen MR) is 115 cm³/mol. The van der Waals surface area contributed by atoms with Crippen molar-refractivity contribution in [2.45, 2.75) is 25.7 Å². The van der Waals surface area contributed by atoms with Crippen LogP contribution in [-0.2, 0) is 14.8 Å². The molecule has 0 fully saturated rings. The zero-order chi connectivity index (χ0) is 23.2. The van der Waals surface area contributed by atoms with Gasteiger partial charge in [-0.1, -0.05) is 6.07 Å². The van der Waals surface area contributed by atoms with Crippen molar-refractivity contribution >= 4 is 27.3 Å². The van der Waals surface area contributed by atoms with Crippen molar-refractivity contribution < 1.29 is 27.6 Å². The van der Waals surface area contributed by atoms with Gasteiger partial charge in [0.2, 0.25) is 15.9 Å². The molecule has 0 saturated carbocycles. The van der Waals surface area contributed by atoms with Crippen LogP contribution in [0.1, 0.15) is 19.4 Å². The fraction of sp³-hybridized carbons (Fsp3) is 0.350. The van der Waals surface area contributed by atoms with Gasteiger partial charge >= 0.3 is 0 Å². The van der Waals surface area contributed by atoms with Gasteiger partial charge < -0.3 is 14.8 Å². The van der Waals surface area contributed by atoms with Crippen LogP contribution in [0.5, 0.6) is 11.5 Å². The molecule has 31 heavy (non-hydrogen) atoms. The molecule has 0 aliphatic carbocycles. The molecular weight excluding hydrogens is 426 g/mol. The summed E-state index contributed by atoms with van der Waals surface area (Å²) >= 11 is 0. The number of anilines is 1. The molecule has 2 aromatic rings. The Labute approximate surface area is 181 Å². The number of nitrogens with one attached hydrogen (secondary N) is 1. The molecule has 0 atom stereocenters. The molecule has 0 aliphatic rings. The van der Waals surface area contributed by atoms with Crippen LogP contribution in [0.2, 0.25) is 0 Å². The van der Waals surface area contributed by atoms with Crippen LogP contribution in [0.25, 0.3) is 0 Å². The highest BCUT2D eigenvalue weighted by atomic mass is 32.2. The van der Waals surface area contributed by atoms with E-state index in [1.54, 1.807) is 18.2 Å². The van der Waals surface area contributed by atoms with E-state index in [4.69, 9.17) is 9.47 Å². The monoisotopic (exact) mass is 451 g/mol. The van der Waals surface area contributed by atoms with Gasteiger partial charge in [-0.05, 0) is 38.5 Å². The fourth-order valence-corrected chi connectivity index (χ4v) is 4.13. The van der Waals surface area contributed by atoms with Crippen molar-refractivity contribution in [1.82, 2.24) is 4.31 Å². The molecule has 11 heteroatoms. The second-order valence-corrected chi connectivity index (χ2v) is 8.56. The Morgan fingerprint density at radius 3 is 2.35 bits per heavy atom. The maximum atomic E-state index is 12.9. The molecule has 0 spiro atoms. The lowest BCUT2D eigenvalue weighted by Gasteiger charge is -2.18. The van der Waals surface area contributed by atoms with Gasteiger partial charge in [-0.3, -0.25) is 14.9 Å². The SMILES string of the molecule is CCOc1ccc(NC(=O)CN(C)S(=O)(=O)c2cc([N+](=O)[O-])ccc2C)cc1OCC. The van der Waals surface area contributed by atoms with E-state index in [0.717, 1.165) is 10.4 Å². The molecular formula is C20H25N3O7S. The minimum absolute atomic E-state index is 0.225. The van der Waals surface area contributed by atoms with Crippen LogP contribution >= 0.6 is 0 Å². The summed E-state index contributed by atoms with van der Waals surface area (Å²) in [5, 5.41) is 13.6. The minimum atomic E-state index is -4.12. The molecule has 2 rings (SSSR count). The second kappa shape index (κ2) is 10.2. The van der Waals surface area contributed by atoms with Crippen LogP contribution in [0.15, 0.2) is 41.3 Å². The Hall–Kier alpha value is -3.18. The largest absolute Gasteiger partial charge is 0.490 e. The third-order valence-corrected chi connectivity index (χ3v) is 6.21. The molecule has 0 aromatic heterocycles. The first-order valence-electron chi connectivity index (χ1n) is 9.51. The van der Waals surface area contributed by atoms with Crippen LogP contribution in [0, 0.1) is 17.0 Å². The number of ether oxygens (including phenoxy) is 2. The maximum Gasteiger partial charge on any atom is 0.270 e. The van der Waals surface area contributed by atoms with Gasteiger partial charge in [-0.25, -0.2) is 8.42 Å². The molecule has 168 valence electrons. The zero-order valence-electron chi connectivity index (χ0n) is 17.7. The summed E-state index contributed by atoms with van der Waals surface area (Å²) in [6.07, 6.45) is 0. The Morgan fingerprint density at radius 1 is 1.10 bits per heavy atom. The van der Waals surface area contributed by atoms with Crippen LogP contribution in [0.4, 0.5) is 11.4 Å². The molecule has 0 heterocycles. The number of aryl methyl sites for hydroxylation is 1. The number of sulfonamides is 1. The van der Waals surface area contributed by atoms with E-state index in [-0.39, 0.29) is 10.6 Å². The number of nitro benzene ring substituents is 1. The zero-order valence-corrected chi connectivity index (χ0v) is 18.6. The number of carbonyl (C=O) groups excluding carboxylic acids is 1. The summed E-state index contributed by atoms with van der Waals surface area (Å²) < 4.78 is 37.5. The molecule has 0 radical (unpaired) electrons. The first kappa shape index (κ1) is 24.1. The number of benzene rings is 2. The van der Waals surface area contributed by atoms with E-state index in [1.807, 2.05) is 13.8 Å². The third-order valence-electron chi connectivity index (χ3n) is 4.26. The number of non-ortho nitro benzene ring substituents is 1. The number of nitrogens with zero attached hydrogens (tertiary/aromatic N) is 2. The van der Waals surface area contributed by atoms with Gasteiger partial charge in [0.15, 0.2) is 11.5 Å². The normalized spacial score (nSPS) is 11.3. The van der Waals surface area contributed by atoms with E-state index < -0.39 is 27.4 Å². The van der Waals surface area contributed by atoms with Crippen molar-refractivity contribution in [1.29, 1.82) is 0 Å². The molecule has 1 N–H and O–H groups in total. The number of carbonyl (C=O) groups is 1. The average molecular weight is 452 g/mol. The number of nitro groups is 1. The molecule has 10 nitrogen and oxygen atoms in total.